The lowest BCUT2D eigenvalue weighted by molar-refractivity contribution is -0.384. The van der Waals surface area contributed by atoms with Crippen LogP contribution in [0.3, 0.4) is 0 Å². The Labute approximate surface area is 166 Å². The molecule has 1 amide bonds. The number of carbonyl (C=O) groups excluding carboxylic acids is 1. The topological polar surface area (TPSA) is 88.4 Å². The molecule has 1 aromatic heterocycles. The van der Waals surface area contributed by atoms with Crippen molar-refractivity contribution in [3.63, 3.8) is 0 Å². The van der Waals surface area contributed by atoms with Crippen LogP contribution in [0.15, 0.2) is 47.8 Å². The van der Waals surface area contributed by atoms with E-state index in [0.717, 1.165) is 17.7 Å². The summed E-state index contributed by atoms with van der Waals surface area (Å²) in [6.07, 6.45) is 0.970. The third-order valence-corrected chi connectivity index (χ3v) is 5.06. The van der Waals surface area contributed by atoms with Gasteiger partial charge in [-0.25, -0.2) is 4.98 Å². The van der Waals surface area contributed by atoms with Crippen molar-refractivity contribution in [3.05, 3.63) is 69.1 Å². The van der Waals surface area contributed by atoms with E-state index in [1.165, 1.54) is 23.0 Å². The molecule has 0 aliphatic carbocycles. The maximum absolute atomic E-state index is 12.5. The van der Waals surface area contributed by atoms with Crippen LogP contribution < -0.4 is 10.2 Å². The quantitative estimate of drug-likeness (QED) is 0.486. The van der Waals surface area contributed by atoms with E-state index in [1.54, 1.807) is 31.1 Å². The molecule has 1 heterocycles. The highest BCUT2D eigenvalue weighted by atomic mass is 32.1. The van der Waals surface area contributed by atoms with Gasteiger partial charge >= 0.3 is 0 Å². The highest BCUT2D eigenvalue weighted by Gasteiger charge is 2.19. The monoisotopic (exact) mass is 396 g/mol. The Kier molecular flexibility index (Phi) is 5.70. The lowest BCUT2D eigenvalue weighted by Gasteiger charge is -2.13. The summed E-state index contributed by atoms with van der Waals surface area (Å²) in [5, 5.41) is 16.3. The number of nitro groups is 1. The van der Waals surface area contributed by atoms with Crippen LogP contribution in [0.5, 0.6) is 0 Å². The number of thiazole rings is 1. The molecule has 0 aliphatic heterocycles. The fourth-order valence-electron chi connectivity index (χ4n) is 2.73. The molecule has 0 saturated heterocycles. The third kappa shape index (κ3) is 4.17. The van der Waals surface area contributed by atoms with Gasteiger partial charge in [0.2, 0.25) is 0 Å². The molecule has 144 valence electrons. The number of aryl methyl sites for hydroxylation is 1. The second kappa shape index (κ2) is 8.18. The molecule has 0 radical (unpaired) electrons. The summed E-state index contributed by atoms with van der Waals surface area (Å²) in [5.74, 6) is -0.435. The Hall–Kier alpha value is -3.26. The first-order chi connectivity index (χ1) is 13.4. The molecular weight excluding hydrogens is 376 g/mol. The highest BCUT2D eigenvalue weighted by Crippen LogP contribution is 2.29. The maximum Gasteiger partial charge on any atom is 0.293 e. The van der Waals surface area contributed by atoms with Crippen molar-refractivity contribution in [2.75, 3.05) is 24.3 Å². The van der Waals surface area contributed by atoms with Crippen LogP contribution in [0.2, 0.25) is 0 Å². The van der Waals surface area contributed by atoms with Crippen LogP contribution in [0.1, 0.15) is 22.8 Å². The summed E-state index contributed by atoms with van der Waals surface area (Å²) in [7, 11) is 3.43. The number of rotatable bonds is 6. The molecule has 0 spiro atoms. The zero-order valence-electron chi connectivity index (χ0n) is 15.8. The Balaban J connectivity index is 1.79. The summed E-state index contributed by atoms with van der Waals surface area (Å²) >= 11 is 1.31. The van der Waals surface area contributed by atoms with E-state index in [0.29, 0.717) is 10.8 Å². The highest BCUT2D eigenvalue weighted by molar-refractivity contribution is 7.14. The van der Waals surface area contributed by atoms with Gasteiger partial charge in [-0.1, -0.05) is 31.2 Å². The summed E-state index contributed by atoms with van der Waals surface area (Å²) in [4.78, 5) is 29.4. The predicted molar refractivity (Wildman–Crippen MR) is 112 cm³/mol. The van der Waals surface area contributed by atoms with Gasteiger partial charge in [0.25, 0.3) is 11.6 Å². The SMILES string of the molecule is CCc1ccc(-c2csc(NC(=O)c3ccc(N(C)C)c([N+](=O)[O-])c3)n2)cc1. The van der Waals surface area contributed by atoms with Crippen LogP contribution >= 0.6 is 11.3 Å². The van der Waals surface area contributed by atoms with Crippen LogP contribution in [0.25, 0.3) is 11.3 Å². The summed E-state index contributed by atoms with van der Waals surface area (Å²) in [6.45, 7) is 2.10. The van der Waals surface area contributed by atoms with Crippen molar-refractivity contribution in [2.24, 2.45) is 0 Å². The second-order valence-electron chi connectivity index (χ2n) is 6.40. The van der Waals surface area contributed by atoms with Crippen molar-refractivity contribution in [1.29, 1.82) is 0 Å². The zero-order valence-corrected chi connectivity index (χ0v) is 16.6. The van der Waals surface area contributed by atoms with E-state index in [-0.39, 0.29) is 11.3 Å². The number of benzene rings is 2. The Morgan fingerprint density at radius 1 is 1.21 bits per heavy atom. The first-order valence-electron chi connectivity index (χ1n) is 8.71. The number of amides is 1. The number of nitro benzene ring substituents is 1. The number of hydrogen-bond acceptors (Lipinski definition) is 6. The van der Waals surface area contributed by atoms with Gasteiger partial charge in [-0.3, -0.25) is 20.2 Å². The number of hydrogen-bond donors (Lipinski definition) is 1. The summed E-state index contributed by atoms with van der Waals surface area (Å²) < 4.78 is 0. The first kappa shape index (κ1) is 19.5. The predicted octanol–water partition coefficient (Wildman–Crippen LogP) is 4.60. The van der Waals surface area contributed by atoms with Gasteiger partial charge in [-0.15, -0.1) is 11.3 Å². The third-order valence-electron chi connectivity index (χ3n) is 4.30. The van der Waals surface area contributed by atoms with Crippen molar-refractivity contribution >= 4 is 33.8 Å². The van der Waals surface area contributed by atoms with E-state index in [1.807, 2.05) is 17.5 Å². The van der Waals surface area contributed by atoms with Gasteiger partial charge < -0.3 is 4.90 Å². The number of carbonyl (C=O) groups is 1. The zero-order chi connectivity index (χ0) is 20.3. The molecule has 0 saturated carbocycles. The molecule has 0 bridgehead atoms. The van der Waals surface area contributed by atoms with Gasteiger partial charge in [0.15, 0.2) is 5.13 Å². The Morgan fingerprint density at radius 2 is 1.93 bits per heavy atom. The molecule has 0 unspecified atom stereocenters. The van der Waals surface area contributed by atoms with Crippen molar-refractivity contribution in [2.45, 2.75) is 13.3 Å². The van der Waals surface area contributed by atoms with E-state index in [2.05, 4.69) is 29.4 Å². The molecule has 0 aliphatic rings. The van der Waals surface area contributed by atoms with Gasteiger partial charge in [0.05, 0.1) is 10.6 Å². The van der Waals surface area contributed by atoms with Gasteiger partial charge in [-0.05, 0) is 24.1 Å². The van der Waals surface area contributed by atoms with E-state index < -0.39 is 10.8 Å². The molecule has 1 N–H and O–H groups in total. The van der Waals surface area contributed by atoms with Crippen molar-refractivity contribution in [1.82, 2.24) is 4.98 Å². The Bertz CT molecular complexity index is 1010. The molecule has 2 aromatic carbocycles. The van der Waals surface area contributed by atoms with E-state index in [4.69, 9.17) is 0 Å². The Morgan fingerprint density at radius 3 is 2.54 bits per heavy atom. The van der Waals surface area contributed by atoms with E-state index in [9.17, 15) is 14.9 Å². The summed E-state index contributed by atoms with van der Waals surface area (Å²) in [6, 6.07) is 12.5. The molecule has 0 atom stereocenters. The minimum absolute atomic E-state index is 0.117. The molecule has 3 aromatic rings. The molecule has 28 heavy (non-hydrogen) atoms. The standard InChI is InChI=1S/C20H20N4O3S/c1-4-13-5-7-14(8-6-13)16-12-28-20(21-16)22-19(25)15-9-10-17(23(2)3)18(11-15)24(26)27/h5-12H,4H2,1-3H3,(H,21,22,25). The van der Waals surface area contributed by atoms with E-state index >= 15 is 0 Å². The average molecular weight is 396 g/mol. The fourth-order valence-corrected chi connectivity index (χ4v) is 3.45. The lowest BCUT2D eigenvalue weighted by atomic mass is 10.1. The number of nitrogens with one attached hydrogen (secondary N) is 1. The smallest absolute Gasteiger partial charge is 0.293 e. The maximum atomic E-state index is 12.5. The van der Waals surface area contributed by atoms with Crippen LogP contribution in [-0.4, -0.2) is 29.9 Å². The van der Waals surface area contributed by atoms with Crippen molar-refractivity contribution < 1.29 is 9.72 Å². The van der Waals surface area contributed by atoms with Crippen molar-refractivity contribution in [3.8, 4) is 11.3 Å². The fraction of sp³-hybridized carbons (Fsp3) is 0.200. The number of anilines is 2. The summed E-state index contributed by atoms with van der Waals surface area (Å²) in [5.41, 5.74) is 3.52. The lowest BCUT2D eigenvalue weighted by Crippen LogP contribution is -2.14. The largest absolute Gasteiger partial charge is 0.372 e. The first-order valence-corrected chi connectivity index (χ1v) is 9.59. The molecule has 7 nitrogen and oxygen atoms in total. The number of aromatic nitrogens is 1. The minimum Gasteiger partial charge on any atom is -0.372 e. The van der Waals surface area contributed by atoms with Gasteiger partial charge in [-0.2, -0.15) is 0 Å². The van der Waals surface area contributed by atoms with Gasteiger partial charge in [0.1, 0.15) is 5.69 Å². The average Bonchev–Trinajstić information content (AvgIpc) is 3.15. The molecule has 3 rings (SSSR count). The van der Waals surface area contributed by atoms with Gasteiger partial charge in [0, 0.05) is 36.7 Å². The minimum atomic E-state index is -0.492. The second-order valence-corrected chi connectivity index (χ2v) is 7.26. The number of nitrogens with zero attached hydrogens (tertiary/aromatic N) is 3. The van der Waals surface area contributed by atoms with Crippen LogP contribution in [0, 0.1) is 10.1 Å². The molecular formula is C20H20N4O3S. The van der Waals surface area contributed by atoms with Crippen LogP contribution in [0.4, 0.5) is 16.5 Å². The molecule has 8 heteroatoms. The van der Waals surface area contributed by atoms with Crippen LogP contribution in [-0.2, 0) is 6.42 Å². The molecule has 0 fully saturated rings. The normalized spacial score (nSPS) is 10.5.